The minimum atomic E-state index is -0.00533. The molecule has 3 rings (SSSR count). The van der Waals surface area contributed by atoms with Crippen LogP contribution < -0.4 is 0 Å². The van der Waals surface area contributed by atoms with Crippen LogP contribution in [0.1, 0.15) is 56.5 Å². The Morgan fingerprint density at radius 1 is 1.36 bits per heavy atom. The second-order valence-corrected chi connectivity index (χ2v) is 6.99. The number of hydrogen-bond acceptors (Lipinski definition) is 8. The first-order chi connectivity index (χ1) is 10.6. The second kappa shape index (κ2) is 6.74. The molecule has 2 atom stereocenters. The zero-order valence-electron chi connectivity index (χ0n) is 13.0. The smallest absolute Gasteiger partial charge is 0.239 e. The summed E-state index contributed by atoms with van der Waals surface area (Å²) in [5, 5.41) is 16.6. The number of rotatable bonds is 6. The van der Waals surface area contributed by atoms with Gasteiger partial charge in [-0.1, -0.05) is 30.8 Å². The maximum absolute atomic E-state index is 5.63. The summed E-state index contributed by atoms with van der Waals surface area (Å²) in [6.07, 6.45) is 2.36. The molecule has 0 bridgehead atoms. The van der Waals surface area contributed by atoms with E-state index in [1.807, 2.05) is 20.8 Å². The molecule has 120 valence electrons. The molecule has 0 saturated carbocycles. The van der Waals surface area contributed by atoms with Crippen LogP contribution in [0.2, 0.25) is 0 Å². The van der Waals surface area contributed by atoms with Crippen LogP contribution in [0.4, 0.5) is 0 Å². The average Bonchev–Trinajstić information content (AvgIpc) is 3.21. The molecule has 2 aromatic heterocycles. The first-order valence-electron chi connectivity index (χ1n) is 7.51. The maximum atomic E-state index is 5.63. The molecule has 1 saturated heterocycles. The summed E-state index contributed by atoms with van der Waals surface area (Å²) in [5.74, 6) is 1.57. The first kappa shape index (κ1) is 15.4. The van der Waals surface area contributed by atoms with E-state index in [2.05, 4.69) is 25.7 Å². The second-order valence-electron chi connectivity index (χ2n) is 5.68. The average molecular weight is 324 g/mol. The van der Waals surface area contributed by atoms with Crippen LogP contribution in [0.5, 0.6) is 0 Å². The van der Waals surface area contributed by atoms with Crippen molar-refractivity contribution in [3.63, 3.8) is 0 Å². The van der Waals surface area contributed by atoms with Gasteiger partial charge in [0.2, 0.25) is 11.0 Å². The lowest BCUT2D eigenvalue weighted by atomic mass is 10.2. The molecule has 8 nitrogen and oxygen atoms in total. The molecule has 1 aliphatic rings. The van der Waals surface area contributed by atoms with Gasteiger partial charge in [0.15, 0.2) is 5.82 Å². The van der Waals surface area contributed by atoms with Crippen molar-refractivity contribution in [2.24, 2.45) is 0 Å². The van der Waals surface area contributed by atoms with Crippen LogP contribution in [0.25, 0.3) is 0 Å². The molecule has 22 heavy (non-hydrogen) atoms. The number of aromatic nitrogens is 6. The fourth-order valence-corrected chi connectivity index (χ4v) is 3.06. The van der Waals surface area contributed by atoms with Crippen molar-refractivity contribution in [3.8, 4) is 0 Å². The minimum absolute atomic E-state index is 0.00533. The van der Waals surface area contributed by atoms with Crippen LogP contribution >= 0.6 is 11.8 Å². The minimum Gasteiger partial charge on any atom is -0.376 e. The van der Waals surface area contributed by atoms with Crippen LogP contribution in [0, 0.1) is 0 Å². The molecule has 2 aromatic rings. The third kappa shape index (κ3) is 3.46. The first-order valence-corrected chi connectivity index (χ1v) is 8.39. The van der Waals surface area contributed by atoms with Gasteiger partial charge in [-0.15, -0.1) is 5.10 Å². The van der Waals surface area contributed by atoms with Crippen molar-refractivity contribution in [2.45, 2.75) is 62.6 Å². The topological polar surface area (TPSA) is 91.8 Å². The van der Waals surface area contributed by atoms with Crippen LogP contribution in [0.3, 0.4) is 0 Å². The van der Waals surface area contributed by atoms with E-state index < -0.39 is 0 Å². The molecular formula is C13H20N6O2S. The van der Waals surface area contributed by atoms with E-state index in [1.165, 1.54) is 11.8 Å². The molecule has 9 heteroatoms. The summed E-state index contributed by atoms with van der Waals surface area (Å²) in [7, 11) is 0. The fraction of sp³-hybridized carbons (Fsp3) is 0.769. The summed E-state index contributed by atoms with van der Waals surface area (Å²) in [5.41, 5.74) is 0. The van der Waals surface area contributed by atoms with Gasteiger partial charge in [0.25, 0.3) is 0 Å². The van der Waals surface area contributed by atoms with Crippen molar-refractivity contribution in [2.75, 3.05) is 6.61 Å². The van der Waals surface area contributed by atoms with Gasteiger partial charge < -0.3 is 9.26 Å². The Kier molecular flexibility index (Phi) is 4.72. The number of tetrazole rings is 1. The highest BCUT2D eigenvalue weighted by atomic mass is 32.2. The lowest BCUT2D eigenvalue weighted by Gasteiger charge is -2.11. The molecule has 0 amide bonds. The standard InChI is InChI=1S/C13H20N6O2S/c1-8(2)11-14-12(21-16-11)9(3)22-13-15-17-18-19(13)7-10-5-4-6-20-10/h8-10H,4-7H2,1-3H3. The van der Waals surface area contributed by atoms with Gasteiger partial charge in [-0.2, -0.15) is 4.98 Å². The predicted molar refractivity (Wildman–Crippen MR) is 79.5 cm³/mol. The van der Waals surface area contributed by atoms with Crippen molar-refractivity contribution in [1.82, 2.24) is 30.3 Å². The van der Waals surface area contributed by atoms with Gasteiger partial charge in [0, 0.05) is 12.5 Å². The van der Waals surface area contributed by atoms with Crippen LogP contribution in [-0.4, -0.2) is 43.1 Å². The summed E-state index contributed by atoms with van der Waals surface area (Å²) in [6, 6.07) is 0. The Morgan fingerprint density at radius 2 is 2.23 bits per heavy atom. The third-order valence-corrected chi connectivity index (χ3v) is 4.56. The Balaban J connectivity index is 1.65. The molecular weight excluding hydrogens is 304 g/mol. The predicted octanol–water partition coefficient (Wildman–Crippen LogP) is 2.21. The zero-order valence-corrected chi connectivity index (χ0v) is 13.8. The SMILES string of the molecule is CC(C)c1noc(C(C)Sc2nnnn2CC2CCCO2)n1. The Morgan fingerprint density at radius 3 is 2.91 bits per heavy atom. The molecule has 0 N–H and O–H groups in total. The van der Waals surface area contributed by atoms with Gasteiger partial charge in [-0.3, -0.25) is 0 Å². The Labute approximate surface area is 133 Å². The molecule has 0 spiro atoms. The van der Waals surface area contributed by atoms with Crippen molar-refractivity contribution in [3.05, 3.63) is 11.7 Å². The molecule has 1 fully saturated rings. The van der Waals surface area contributed by atoms with Crippen molar-refractivity contribution < 1.29 is 9.26 Å². The van der Waals surface area contributed by atoms with Gasteiger partial charge in [-0.25, -0.2) is 4.68 Å². The van der Waals surface area contributed by atoms with Crippen LogP contribution in [0.15, 0.2) is 9.68 Å². The normalized spacial score (nSPS) is 19.9. The highest BCUT2D eigenvalue weighted by Crippen LogP contribution is 2.33. The Hall–Kier alpha value is -1.48. The summed E-state index contributed by atoms with van der Waals surface area (Å²) >= 11 is 1.51. The molecule has 0 radical (unpaired) electrons. The largest absolute Gasteiger partial charge is 0.376 e. The van der Waals surface area contributed by atoms with Gasteiger partial charge in [0.05, 0.1) is 17.9 Å². The highest BCUT2D eigenvalue weighted by molar-refractivity contribution is 7.99. The van der Waals surface area contributed by atoms with E-state index in [4.69, 9.17) is 9.26 Å². The lowest BCUT2D eigenvalue weighted by Crippen LogP contribution is -2.17. The van der Waals surface area contributed by atoms with Crippen molar-refractivity contribution in [1.29, 1.82) is 0 Å². The monoisotopic (exact) mass is 324 g/mol. The van der Waals surface area contributed by atoms with E-state index in [0.29, 0.717) is 12.4 Å². The molecule has 2 unspecified atom stereocenters. The van der Waals surface area contributed by atoms with Gasteiger partial charge in [0.1, 0.15) is 0 Å². The number of thioether (sulfide) groups is 1. The summed E-state index contributed by atoms with van der Waals surface area (Å²) in [4.78, 5) is 4.42. The Bertz CT molecular complexity index is 607. The van der Waals surface area contributed by atoms with E-state index in [9.17, 15) is 0 Å². The van der Waals surface area contributed by atoms with E-state index in [-0.39, 0.29) is 17.3 Å². The third-order valence-electron chi connectivity index (χ3n) is 3.50. The number of hydrogen-bond donors (Lipinski definition) is 0. The highest BCUT2D eigenvalue weighted by Gasteiger charge is 2.22. The maximum Gasteiger partial charge on any atom is 0.239 e. The fourth-order valence-electron chi connectivity index (χ4n) is 2.23. The summed E-state index contributed by atoms with van der Waals surface area (Å²) in [6.45, 7) is 7.59. The molecule has 1 aliphatic heterocycles. The lowest BCUT2D eigenvalue weighted by molar-refractivity contribution is 0.0911. The van der Waals surface area contributed by atoms with Gasteiger partial charge >= 0.3 is 0 Å². The van der Waals surface area contributed by atoms with Crippen LogP contribution in [-0.2, 0) is 11.3 Å². The molecule has 0 aliphatic carbocycles. The zero-order chi connectivity index (χ0) is 15.5. The molecule has 3 heterocycles. The number of nitrogens with zero attached hydrogens (tertiary/aromatic N) is 6. The van der Waals surface area contributed by atoms with Gasteiger partial charge in [-0.05, 0) is 30.2 Å². The van der Waals surface area contributed by atoms with E-state index in [1.54, 1.807) is 4.68 Å². The van der Waals surface area contributed by atoms with Crippen molar-refractivity contribution >= 4 is 11.8 Å². The molecule has 0 aromatic carbocycles. The van der Waals surface area contributed by atoms with E-state index in [0.717, 1.165) is 30.4 Å². The van der Waals surface area contributed by atoms with E-state index >= 15 is 0 Å². The quantitative estimate of drug-likeness (QED) is 0.747. The summed E-state index contributed by atoms with van der Waals surface area (Å²) < 4.78 is 12.7. The number of ether oxygens (including phenoxy) is 1.